The third-order valence-corrected chi connectivity index (χ3v) is 2.26. The van der Waals surface area contributed by atoms with Gasteiger partial charge in [0.1, 0.15) is 0 Å². The van der Waals surface area contributed by atoms with Gasteiger partial charge in [0, 0.05) is 18.9 Å². The highest BCUT2D eigenvalue weighted by molar-refractivity contribution is 7.98. The molecule has 0 saturated carbocycles. The molecule has 0 bridgehead atoms. The van der Waals surface area contributed by atoms with Crippen molar-refractivity contribution in [1.29, 1.82) is 0 Å². The average molecular weight is 185 g/mol. The second kappa shape index (κ2) is 5.94. The lowest BCUT2D eigenvalue weighted by molar-refractivity contribution is 0.837. The van der Waals surface area contributed by atoms with Gasteiger partial charge in [-0.3, -0.25) is 0 Å². The van der Waals surface area contributed by atoms with Crippen LogP contribution in [0.4, 0.5) is 5.95 Å². The number of thioether (sulfide) groups is 1. The maximum atomic E-state index is 4.06. The molecule has 1 aromatic rings. The second-order valence-corrected chi connectivity index (χ2v) is 3.55. The Balaban J connectivity index is 1.96. The number of H-pyrrole nitrogens is 1. The van der Waals surface area contributed by atoms with Crippen LogP contribution in [0.1, 0.15) is 12.8 Å². The SMILES string of the molecule is CSCCCCNc1ncc[nH]1. The van der Waals surface area contributed by atoms with Crippen molar-refractivity contribution >= 4 is 17.7 Å². The highest BCUT2D eigenvalue weighted by atomic mass is 32.2. The van der Waals surface area contributed by atoms with Crippen molar-refractivity contribution in [1.82, 2.24) is 9.97 Å². The van der Waals surface area contributed by atoms with Gasteiger partial charge >= 0.3 is 0 Å². The molecular formula is C8H15N3S. The third kappa shape index (κ3) is 3.67. The zero-order valence-corrected chi connectivity index (χ0v) is 8.16. The Morgan fingerprint density at radius 3 is 3.17 bits per heavy atom. The van der Waals surface area contributed by atoms with Crippen LogP contribution < -0.4 is 5.32 Å². The topological polar surface area (TPSA) is 40.7 Å². The van der Waals surface area contributed by atoms with E-state index in [1.54, 1.807) is 6.20 Å². The minimum absolute atomic E-state index is 0.874. The Morgan fingerprint density at radius 2 is 2.50 bits per heavy atom. The Kier molecular flexibility index (Phi) is 4.68. The van der Waals surface area contributed by atoms with Gasteiger partial charge in [-0.2, -0.15) is 11.8 Å². The van der Waals surface area contributed by atoms with E-state index in [0.29, 0.717) is 0 Å². The van der Waals surface area contributed by atoms with Crippen LogP contribution in [0.3, 0.4) is 0 Å². The smallest absolute Gasteiger partial charge is 0.200 e. The van der Waals surface area contributed by atoms with E-state index in [-0.39, 0.29) is 0 Å². The summed E-state index contributed by atoms with van der Waals surface area (Å²) >= 11 is 1.90. The van der Waals surface area contributed by atoms with E-state index in [2.05, 4.69) is 21.5 Å². The molecule has 0 amide bonds. The number of hydrogen-bond acceptors (Lipinski definition) is 3. The number of imidazole rings is 1. The second-order valence-electron chi connectivity index (χ2n) is 2.56. The van der Waals surface area contributed by atoms with Crippen LogP contribution in [-0.2, 0) is 0 Å². The molecule has 0 saturated heterocycles. The van der Waals surface area contributed by atoms with Gasteiger partial charge in [0.25, 0.3) is 0 Å². The van der Waals surface area contributed by atoms with E-state index in [4.69, 9.17) is 0 Å². The first kappa shape index (κ1) is 9.45. The number of hydrogen-bond donors (Lipinski definition) is 2. The first-order valence-corrected chi connectivity index (χ1v) is 5.55. The fourth-order valence-corrected chi connectivity index (χ4v) is 1.43. The van der Waals surface area contributed by atoms with Gasteiger partial charge in [0.15, 0.2) is 5.95 Å². The summed E-state index contributed by atoms with van der Waals surface area (Å²) in [4.78, 5) is 7.06. The molecule has 1 aromatic heterocycles. The van der Waals surface area contributed by atoms with Crippen molar-refractivity contribution in [3.05, 3.63) is 12.4 Å². The van der Waals surface area contributed by atoms with Gasteiger partial charge in [-0.05, 0) is 24.9 Å². The molecule has 2 N–H and O–H groups in total. The minimum atomic E-state index is 0.874. The molecule has 68 valence electrons. The van der Waals surface area contributed by atoms with Gasteiger partial charge in [0.05, 0.1) is 0 Å². The first-order chi connectivity index (χ1) is 5.93. The molecule has 0 atom stereocenters. The van der Waals surface area contributed by atoms with Crippen molar-refractivity contribution in [3.63, 3.8) is 0 Å². The summed E-state index contributed by atoms with van der Waals surface area (Å²) in [5.41, 5.74) is 0. The number of nitrogens with one attached hydrogen (secondary N) is 2. The number of nitrogens with zero attached hydrogens (tertiary/aromatic N) is 1. The van der Waals surface area contributed by atoms with Crippen LogP contribution in [-0.4, -0.2) is 28.5 Å². The zero-order chi connectivity index (χ0) is 8.65. The molecule has 0 unspecified atom stereocenters. The third-order valence-electron chi connectivity index (χ3n) is 1.57. The Bertz CT molecular complexity index is 186. The van der Waals surface area contributed by atoms with Crippen LogP contribution in [0, 0.1) is 0 Å². The predicted molar refractivity (Wildman–Crippen MR) is 54.7 cm³/mol. The summed E-state index contributed by atoms with van der Waals surface area (Å²) in [5, 5.41) is 3.21. The standard InChI is InChI=1S/C8H15N3S/c1-12-7-3-2-4-9-8-10-5-6-11-8/h5-6H,2-4,7H2,1H3,(H2,9,10,11). The van der Waals surface area contributed by atoms with Crippen LogP contribution in [0.2, 0.25) is 0 Å². The van der Waals surface area contributed by atoms with Gasteiger partial charge in [-0.15, -0.1) is 0 Å². The molecule has 12 heavy (non-hydrogen) atoms. The fourth-order valence-electron chi connectivity index (χ4n) is 0.940. The van der Waals surface area contributed by atoms with E-state index >= 15 is 0 Å². The Morgan fingerprint density at radius 1 is 1.58 bits per heavy atom. The summed E-state index contributed by atoms with van der Waals surface area (Å²) in [6, 6.07) is 0. The maximum Gasteiger partial charge on any atom is 0.200 e. The molecule has 0 spiro atoms. The molecule has 0 aliphatic carbocycles. The predicted octanol–water partition coefficient (Wildman–Crippen LogP) is 1.96. The molecule has 3 nitrogen and oxygen atoms in total. The molecule has 0 fully saturated rings. The summed E-state index contributed by atoms with van der Waals surface area (Å²) in [6.07, 6.45) is 8.20. The van der Waals surface area contributed by atoms with E-state index in [9.17, 15) is 0 Å². The van der Waals surface area contributed by atoms with Crippen LogP contribution in [0.15, 0.2) is 12.4 Å². The lowest BCUT2D eigenvalue weighted by Crippen LogP contribution is -2.02. The zero-order valence-electron chi connectivity index (χ0n) is 7.34. The quantitative estimate of drug-likeness (QED) is 0.666. The highest BCUT2D eigenvalue weighted by Crippen LogP contribution is 2.00. The van der Waals surface area contributed by atoms with Gasteiger partial charge in [-0.25, -0.2) is 4.98 Å². The van der Waals surface area contributed by atoms with E-state index in [1.165, 1.54) is 18.6 Å². The van der Waals surface area contributed by atoms with Crippen LogP contribution in [0.25, 0.3) is 0 Å². The van der Waals surface area contributed by atoms with Crippen LogP contribution >= 0.6 is 11.8 Å². The largest absolute Gasteiger partial charge is 0.356 e. The first-order valence-electron chi connectivity index (χ1n) is 4.15. The summed E-state index contributed by atoms with van der Waals surface area (Å²) < 4.78 is 0. The molecule has 4 heteroatoms. The lowest BCUT2D eigenvalue weighted by Gasteiger charge is -2.01. The monoisotopic (exact) mass is 185 g/mol. The van der Waals surface area contributed by atoms with Gasteiger partial charge < -0.3 is 10.3 Å². The summed E-state index contributed by atoms with van der Waals surface area (Å²) in [7, 11) is 0. The number of aromatic amines is 1. The van der Waals surface area contributed by atoms with Crippen molar-refractivity contribution in [3.8, 4) is 0 Å². The van der Waals surface area contributed by atoms with E-state index in [1.807, 2.05) is 18.0 Å². The number of anilines is 1. The van der Waals surface area contributed by atoms with E-state index in [0.717, 1.165) is 12.5 Å². The van der Waals surface area contributed by atoms with Crippen molar-refractivity contribution in [2.75, 3.05) is 23.9 Å². The fraction of sp³-hybridized carbons (Fsp3) is 0.625. The normalized spacial score (nSPS) is 10.1. The molecule has 0 aliphatic rings. The van der Waals surface area contributed by atoms with Gasteiger partial charge in [0.2, 0.25) is 0 Å². The Labute approximate surface area is 77.4 Å². The molecule has 0 aromatic carbocycles. The summed E-state index contributed by atoms with van der Waals surface area (Å²) in [5.74, 6) is 2.12. The maximum absolute atomic E-state index is 4.06. The lowest BCUT2D eigenvalue weighted by atomic mass is 10.3. The number of rotatable bonds is 6. The number of unbranched alkanes of at least 4 members (excludes halogenated alkanes) is 1. The molecule has 0 aliphatic heterocycles. The van der Waals surface area contributed by atoms with Crippen molar-refractivity contribution < 1.29 is 0 Å². The molecular weight excluding hydrogens is 170 g/mol. The van der Waals surface area contributed by atoms with E-state index < -0.39 is 0 Å². The Hall–Kier alpha value is -0.640. The molecule has 1 rings (SSSR count). The number of aromatic nitrogens is 2. The van der Waals surface area contributed by atoms with Crippen molar-refractivity contribution in [2.24, 2.45) is 0 Å². The highest BCUT2D eigenvalue weighted by Gasteiger charge is 1.91. The van der Waals surface area contributed by atoms with Crippen molar-refractivity contribution in [2.45, 2.75) is 12.8 Å². The minimum Gasteiger partial charge on any atom is -0.356 e. The average Bonchev–Trinajstić information content (AvgIpc) is 2.57. The summed E-state index contributed by atoms with van der Waals surface area (Å²) in [6.45, 7) is 1.01. The molecule has 1 heterocycles. The van der Waals surface area contributed by atoms with Gasteiger partial charge in [-0.1, -0.05) is 0 Å². The van der Waals surface area contributed by atoms with Crippen LogP contribution in [0.5, 0.6) is 0 Å². The molecule has 0 radical (unpaired) electrons.